The lowest BCUT2D eigenvalue weighted by Gasteiger charge is -2.40. The summed E-state index contributed by atoms with van der Waals surface area (Å²) in [5.41, 5.74) is 0. The van der Waals surface area contributed by atoms with Crippen LogP contribution in [0.3, 0.4) is 0 Å². The van der Waals surface area contributed by atoms with Crippen molar-refractivity contribution in [1.82, 2.24) is 19.4 Å². The van der Waals surface area contributed by atoms with Gasteiger partial charge < -0.3 is 9.47 Å². The van der Waals surface area contributed by atoms with Gasteiger partial charge in [0, 0.05) is 51.7 Å². The van der Waals surface area contributed by atoms with E-state index in [1.54, 1.807) is 0 Å². The molecule has 0 radical (unpaired) electrons. The molecule has 0 unspecified atom stereocenters. The van der Waals surface area contributed by atoms with E-state index in [1.807, 2.05) is 12.4 Å². The number of piperazine rings is 1. The van der Waals surface area contributed by atoms with Crippen molar-refractivity contribution in [2.45, 2.75) is 45.2 Å². The van der Waals surface area contributed by atoms with Crippen LogP contribution < -0.4 is 0 Å². The van der Waals surface area contributed by atoms with E-state index in [9.17, 15) is 0 Å². The van der Waals surface area contributed by atoms with Crippen LogP contribution in [0.1, 0.15) is 38.4 Å². The van der Waals surface area contributed by atoms with Crippen LogP contribution in [-0.4, -0.2) is 51.6 Å². The quantitative estimate of drug-likeness (QED) is 0.842. The molecule has 20 heavy (non-hydrogen) atoms. The van der Waals surface area contributed by atoms with Crippen molar-refractivity contribution in [1.29, 1.82) is 0 Å². The fraction of sp³-hybridized carbons (Fsp3) is 0.812. The summed E-state index contributed by atoms with van der Waals surface area (Å²) in [6.45, 7) is 8.32. The smallest absolute Gasteiger partial charge is 0.122 e. The summed E-state index contributed by atoms with van der Waals surface area (Å²) >= 11 is 0. The minimum atomic E-state index is 0.641. The van der Waals surface area contributed by atoms with Crippen LogP contribution in [0.25, 0.3) is 0 Å². The van der Waals surface area contributed by atoms with E-state index in [1.165, 1.54) is 57.7 Å². The molecule has 4 nitrogen and oxygen atoms in total. The summed E-state index contributed by atoms with van der Waals surface area (Å²) in [7, 11) is 2.09. The van der Waals surface area contributed by atoms with Gasteiger partial charge >= 0.3 is 0 Å². The van der Waals surface area contributed by atoms with Gasteiger partial charge in [-0.2, -0.15) is 0 Å². The first-order valence-electron chi connectivity index (χ1n) is 8.15. The molecule has 2 fully saturated rings. The Bertz CT molecular complexity index is 422. The van der Waals surface area contributed by atoms with E-state index >= 15 is 0 Å². The molecular weight excluding hydrogens is 248 g/mol. The molecule has 2 heterocycles. The van der Waals surface area contributed by atoms with Gasteiger partial charge in [0.25, 0.3) is 0 Å². The van der Waals surface area contributed by atoms with Crippen LogP contribution in [0, 0.1) is 5.92 Å². The summed E-state index contributed by atoms with van der Waals surface area (Å²) in [4.78, 5) is 9.72. The van der Waals surface area contributed by atoms with Gasteiger partial charge in [-0.15, -0.1) is 0 Å². The first-order valence-corrected chi connectivity index (χ1v) is 8.15. The molecule has 1 aliphatic heterocycles. The summed E-state index contributed by atoms with van der Waals surface area (Å²) in [5.74, 6) is 2.16. The molecule has 2 aliphatic rings. The second-order valence-corrected chi connectivity index (χ2v) is 6.68. The molecule has 112 valence electrons. The average Bonchev–Trinajstić information content (AvgIpc) is 3.05. The highest BCUT2D eigenvalue weighted by molar-refractivity contribution is 4.93. The Morgan fingerprint density at radius 1 is 1.25 bits per heavy atom. The highest BCUT2D eigenvalue weighted by atomic mass is 15.3. The highest BCUT2D eigenvalue weighted by Gasteiger charge is 2.26. The Balaban J connectivity index is 1.50. The average molecular weight is 276 g/mol. The Labute approximate surface area is 122 Å². The summed E-state index contributed by atoms with van der Waals surface area (Å²) in [6.07, 6.45) is 9.77. The van der Waals surface area contributed by atoms with Crippen molar-refractivity contribution in [2.24, 2.45) is 13.0 Å². The highest BCUT2D eigenvalue weighted by Crippen LogP contribution is 2.26. The SMILES string of the molecule is C[C@@H]1CN(CC2CCCC2)CCN1Cc1nccn1C. The van der Waals surface area contributed by atoms with Gasteiger partial charge in [-0.05, 0) is 25.7 Å². The minimum absolute atomic E-state index is 0.641. The van der Waals surface area contributed by atoms with E-state index in [0.717, 1.165) is 12.5 Å². The third kappa shape index (κ3) is 3.23. The summed E-state index contributed by atoms with van der Waals surface area (Å²) in [6, 6.07) is 0.641. The molecule has 4 heteroatoms. The van der Waals surface area contributed by atoms with Crippen LogP contribution in [-0.2, 0) is 13.6 Å². The second kappa shape index (κ2) is 6.27. The largest absolute Gasteiger partial charge is 0.337 e. The van der Waals surface area contributed by atoms with Gasteiger partial charge in [-0.25, -0.2) is 4.98 Å². The maximum absolute atomic E-state index is 4.45. The van der Waals surface area contributed by atoms with Gasteiger partial charge in [0.15, 0.2) is 0 Å². The molecule has 3 rings (SSSR count). The van der Waals surface area contributed by atoms with Crippen molar-refractivity contribution in [2.75, 3.05) is 26.2 Å². The zero-order valence-corrected chi connectivity index (χ0v) is 13.0. The normalized spacial score (nSPS) is 26.4. The Morgan fingerprint density at radius 3 is 2.70 bits per heavy atom. The molecular formula is C16H28N4. The van der Waals surface area contributed by atoms with Gasteiger partial charge in [-0.3, -0.25) is 4.90 Å². The number of aryl methyl sites for hydroxylation is 1. The van der Waals surface area contributed by atoms with Crippen molar-refractivity contribution in [3.8, 4) is 0 Å². The number of nitrogens with zero attached hydrogens (tertiary/aromatic N) is 4. The van der Waals surface area contributed by atoms with E-state index in [4.69, 9.17) is 0 Å². The van der Waals surface area contributed by atoms with Gasteiger partial charge in [0.2, 0.25) is 0 Å². The molecule has 0 aromatic carbocycles. The molecule has 0 spiro atoms. The summed E-state index contributed by atoms with van der Waals surface area (Å²) in [5, 5.41) is 0. The zero-order valence-electron chi connectivity index (χ0n) is 13.0. The standard InChI is InChI=1S/C16H28N4/c1-14-11-19(12-15-5-3-4-6-15)9-10-20(14)13-16-17-7-8-18(16)2/h7-8,14-15H,3-6,9-13H2,1-2H3/t14-/m1/s1. The Morgan fingerprint density at radius 2 is 2.05 bits per heavy atom. The molecule has 1 aromatic heterocycles. The third-order valence-electron chi connectivity index (χ3n) is 5.11. The predicted octanol–water partition coefficient (Wildman–Crippen LogP) is 2.12. The molecule has 0 N–H and O–H groups in total. The molecule has 1 saturated heterocycles. The van der Waals surface area contributed by atoms with E-state index in [0.29, 0.717) is 6.04 Å². The van der Waals surface area contributed by atoms with Crippen LogP contribution in [0.4, 0.5) is 0 Å². The maximum Gasteiger partial charge on any atom is 0.122 e. The minimum Gasteiger partial charge on any atom is -0.337 e. The third-order valence-corrected chi connectivity index (χ3v) is 5.11. The topological polar surface area (TPSA) is 24.3 Å². The number of hydrogen-bond donors (Lipinski definition) is 0. The van der Waals surface area contributed by atoms with Gasteiger partial charge in [0.05, 0.1) is 6.54 Å². The molecule has 1 saturated carbocycles. The lowest BCUT2D eigenvalue weighted by atomic mass is 10.1. The Kier molecular flexibility index (Phi) is 4.41. The zero-order chi connectivity index (χ0) is 13.9. The fourth-order valence-electron chi connectivity index (χ4n) is 3.76. The van der Waals surface area contributed by atoms with Crippen molar-refractivity contribution in [3.63, 3.8) is 0 Å². The van der Waals surface area contributed by atoms with Crippen molar-refractivity contribution in [3.05, 3.63) is 18.2 Å². The number of hydrogen-bond acceptors (Lipinski definition) is 3. The monoisotopic (exact) mass is 276 g/mol. The number of rotatable bonds is 4. The van der Waals surface area contributed by atoms with Crippen LogP contribution in [0.5, 0.6) is 0 Å². The molecule has 1 aromatic rings. The van der Waals surface area contributed by atoms with Crippen LogP contribution >= 0.6 is 0 Å². The second-order valence-electron chi connectivity index (χ2n) is 6.68. The van der Waals surface area contributed by atoms with Crippen LogP contribution in [0.2, 0.25) is 0 Å². The molecule has 1 atom stereocenters. The van der Waals surface area contributed by atoms with E-state index in [-0.39, 0.29) is 0 Å². The van der Waals surface area contributed by atoms with Crippen molar-refractivity contribution >= 4 is 0 Å². The Hall–Kier alpha value is -0.870. The van der Waals surface area contributed by atoms with Crippen LogP contribution in [0.15, 0.2) is 12.4 Å². The lowest BCUT2D eigenvalue weighted by molar-refractivity contribution is 0.0659. The van der Waals surface area contributed by atoms with Crippen molar-refractivity contribution < 1.29 is 0 Å². The first-order chi connectivity index (χ1) is 9.72. The number of imidazole rings is 1. The predicted molar refractivity (Wildman–Crippen MR) is 81.5 cm³/mol. The number of aromatic nitrogens is 2. The first kappa shape index (κ1) is 14.1. The molecule has 1 aliphatic carbocycles. The summed E-state index contributed by atoms with van der Waals surface area (Å²) < 4.78 is 2.14. The molecule has 0 amide bonds. The van der Waals surface area contributed by atoms with E-state index < -0.39 is 0 Å². The maximum atomic E-state index is 4.45. The lowest BCUT2D eigenvalue weighted by Crippen LogP contribution is -2.52. The van der Waals surface area contributed by atoms with Gasteiger partial charge in [0.1, 0.15) is 5.82 Å². The molecule has 0 bridgehead atoms. The fourth-order valence-corrected chi connectivity index (χ4v) is 3.76. The van der Waals surface area contributed by atoms with E-state index in [2.05, 4.69) is 33.3 Å². The van der Waals surface area contributed by atoms with Gasteiger partial charge in [-0.1, -0.05) is 12.8 Å².